The molecule has 1 aliphatic heterocycles. The first-order valence-corrected chi connectivity index (χ1v) is 6.04. The van der Waals surface area contributed by atoms with Gasteiger partial charge in [-0.1, -0.05) is 18.2 Å². The second kappa shape index (κ2) is 3.65. The van der Waals surface area contributed by atoms with Crippen molar-refractivity contribution in [3.63, 3.8) is 0 Å². The highest BCUT2D eigenvalue weighted by molar-refractivity contribution is 5.98. The highest BCUT2D eigenvalue weighted by Gasteiger charge is 2.21. The summed E-state index contributed by atoms with van der Waals surface area (Å²) in [6.45, 7) is 0.490. The van der Waals surface area contributed by atoms with E-state index in [1.165, 1.54) is 0 Å². The van der Waals surface area contributed by atoms with Crippen LogP contribution in [0.3, 0.4) is 0 Å². The molecule has 0 saturated carbocycles. The first-order valence-electron chi connectivity index (χ1n) is 6.04. The van der Waals surface area contributed by atoms with Crippen molar-refractivity contribution in [3.8, 4) is 11.4 Å². The lowest BCUT2D eigenvalue weighted by Crippen LogP contribution is -2.12. The van der Waals surface area contributed by atoms with Crippen molar-refractivity contribution in [2.24, 2.45) is 0 Å². The monoisotopic (exact) mass is 250 g/mol. The minimum Gasteiger partial charge on any atom is -0.346 e. The van der Waals surface area contributed by atoms with Crippen LogP contribution in [-0.4, -0.2) is 21.1 Å². The van der Waals surface area contributed by atoms with E-state index in [4.69, 9.17) is 0 Å². The number of carbonyl (C=O) groups excluding carboxylic acids is 1. The van der Waals surface area contributed by atoms with Gasteiger partial charge in [0.1, 0.15) is 5.69 Å². The first-order chi connectivity index (χ1) is 9.33. The molecule has 3 aromatic rings. The molecule has 0 fully saturated rings. The Hall–Kier alpha value is -2.69. The van der Waals surface area contributed by atoms with Crippen molar-refractivity contribution in [1.82, 2.24) is 20.5 Å². The fourth-order valence-electron chi connectivity index (χ4n) is 2.39. The second-order valence-corrected chi connectivity index (χ2v) is 4.49. The largest absolute Gasteiger partial charge is 0.346 e. The Bertz CT molecular complexity index is 806. The van der Waals surface area contributed by atoms with Crippen molar-refractivity contribution in [2.45, 2.75) is 6.54 Å². The van der Waals surface area contributed by atoms with Crippen LogP contribution in [-0.2, 0) is 6.54 Å². The maximum absolute atomic E-state index is 11.5. The molecule has 2 aromatic heterocycles. The average molecular weight is 250 g/mol. The number of hydrogen-bond acceptors (Lipinski definition) is 3. The molecule has 0 bridgehead atoms. The van der Waals surface area contributed by atoms with Crippen LogP contribution >= 0.6 is 0 Å². The van der Waals surface area contributed by atoms with E-state index in [1.54, 1.807) is 0 Å². The molecule has 4 rings (SSSR count). The van der Waals surface area contributed by atoms with Gasteiger partial charge in [-0.25, -0.2) is 4.98 Å². The Labute approximate surface area is 108 Å². The molecule has 5 nitrogen and oxygen atoms in total. The number of H-pyrrole nitrogens is 1. The van der Waals surface area contributed by atoms with E-state index in [1.807, 2.05) is 36.4 Å². The van der Waals surface area contributed by atoms with Gasteiger partial charge < -0.3 is 5.32 Å². The summed E-state index contributed by atoms with van der Waals surface area (Å²) in [4.78, 5) is 16.0. The maximum atomic E-state index is 11.5. The molecule has 0 atom stereocenters. The average Bonchev–Trinajstić information content (AvgIpc) is 3.03. The minimum absolute atomic E-state index is 0.0547. The van der Waals surface area contributed by atoms with Crippen LogP contribution in [0.25, 0.3) is 22.3 Å². The zero-order valence-corrected chi connectivity index (χ0v) is 9.97. The van der Waals surface area contributed by atoms with Crippen LogP contribution in [0.1, 0.15) is 16.1 Å². The van der Waals surface area contributed by atoms with Crippen molar-refractivity contribution in [2.75, 3.05) is 0 Å². The number of hydrogen-bond donors (Lipinski definition) is 2. The van der Waals surface area contributed by atoms with Crippen molar-refractivity contribution < 1.29 is 4.79 Å². The summed E-state index contributed by atoms with van der Waals surface area (Å²) in [5.41, 5.74) is 4.03. The van der Waals surface area contributed by atoms with Gasteiger partial charge in [0.2, 0.25) is 0 Å². The smallest absolute Gasteiger partial charge is 0.253 e. The predicted octanol–water partition coefficient (Wildman–Crippen LogP) is 1.87. The topological polar surface area (TPSA) is 70.7 Å². The van der Waals surface area contributed by atoms with Crippen LogP contribution in [0.2, 0.25) is 0 Å². The van der Waals surface area contributed by atoms with E-state index in [-0.39, 0.29) is 5.91 Å². The molecule has 0 aliphatic carbocycles. The highest BCUT2D eigenvalue weighted by Crippen LogP contribution is 2.26. The van der Waals surface area contributed by atoms with E-state index < -0.39 is 0 Å². The molecule has 3 heterocycles. The van der Waals surface area contributed by atoms with Gasteiger partial charge in [0.05, 0.1) is 29.0 Å². The summed E-state index contributed by atoms with van der Waals surface area (Å²) in [5.74, 6) is -0.0547. The Morgan fingerprint density at radius 2 is 2.00 bits per heavy atom. The van der Waals surface area contributed by atoms with Crippen molar-refractivity contribution >= 4 is 16.8 Å². The third-order valence-corrected chi connectivity index (χ3v) is 3.35. The zero-order chi connectivity index (χ0) is 12.8. The van der Waals surface area contributed by atoms with Crippen LogP contribution in [0.5, 0.6) is 0 Å². The summed E-state index contributed by atoms with van der Waals surface area (Å²) in [6, 6.07) is 11.6. The third kappa shape index (κ3) is 1.45. The van der Waals surface area contributed by atoms with E-state index >= 15 is 0 Å². The Morgan fingerprint density at radius 3 is 2.95 bits per heavy atom. The summed E-state index contributed by atoms with van der Waals surface area (Å²) in [5, 5.41) is 11.1. The summed E-state index contributed by atoms with van der Waals surface area (Å²) in [6.07, 6.45) is 0. The second-order valence-electron chi connectivity index (χ2n) is 4.49. The Morgan fingerprint density at radius 1 is 1.11 bits per heavy atom. The number of pyridine rings is 1. The van der Waals surface area contributed by atoms with E-state index in [2.05, 4.69) is 20.5 Å². The lowest BCUT2D eigenvalue weighted by atomic mass is 10.1. The van der Waals surface area contributed by atoms with Gasteiger partial charge in [0, 0.05) is 5.39 Å². The summed E-state index contributed by atoms with van der Waals surface area (Å²) >= 11 is 0. The molecule has 0 radical (unpaired) electrons. The highest BCUT2D eigenvalue weighted by atomic mass is 16.1. The molecule has 0 unspecified atom stereocenters. The number of benzene rings is 1. The fourth-order valence-corrected chi connectivity index (χ4v) is 2.39. The SMILES string of the molecule is O=C1NCc2nc(-c3n[nH]c4ccccc34)ccc21. The summed E-state index contributed by atoms with van der Waals surface area (Å²) < 4.78 is 0. The number of rotatable bonds is 1. The molecule has 5 heteroatoms. The zero-order valence-electron chi connectivity index (χ0n) is 9.97. The normalized spacial score (nSPS) is 13.6. The Kier molecular flexibility index (Phi) is 1.97. The van der Waals surface area contributed by atoms with Crippen molar-refractivity contribution in [1.29, 1.82) is 0 Å². The number of aromatic nitrogens is 3. The molecule has 92 valence electrons. The number of aromatic amines is 1. The molecule has 0 spiro atoms. The molecule has 2 N–H and O–H groups in total. The van der Waals surface area contributed by atoms with Crippen LogP contribution < -0.4 is 5.32 Å². The van der Waals surface area contributed by atoms with Gasteiger partial charge in [-0.15, -0.1) is 0 Å². The molecular weight excluding hydrogens is 240 g/mol. The molecule has 1 amide bonds. The molecular formula is C14H10N4O. The standard InChI is InChI=1S/C14H10N4O/c19-14-9-5-6-11(16-12(9)7-15-14)13-8-3-1-2-4-10(8)17-18-13/h1-6H,7H2,(H,15,19)(H,17,18). The maximum Gasteiger partial charge on any atom is 0.253 e. The predicted molar refractivity (Wildman–Crippen MR) is 70.5 cm³/mol. The van der Waals surface area contributed by atoms with Gasteiger partial charge in [-0.05, 0) is 18.2 Å². The van der Waals surface area contributed by atoms with E-state index in [9.17, 15) is 4.79 Å². The molecule has 1 aromatic carbocycles. The van der Waals surface area contributed by atoms with Crippen LogP contribution in [0.4, 0.5) is 0 Å². The number of para-hydroxylation sites is 1. The van der Waals surface area contributed by atoms with E-state index in [0.29, 0.717) is 12.1 Å². The Balaban J connectivity index is 1.91. The number of nitrogens with zero attached hydrogens (tertiary/aromatic N) is 2. The summed E-state index contributed by atoms with van der Waals surface area (Å²) in [7, 11) is 0. The lowest BCUT2D eigenvalue weighted by molar-refractivity contribution is 0.0966. The van der Waals surface area contributed by atoms with Gasteiger partial charge in [-0.3, -0.25) is 9.89 Å². The number of carbonyl (C=O) groups is 1. The van der Waals surface area contributed by atoms with Gasteiger partial charge >= 0.3 is 0 Å². The van der Waals surface area contributed by atoms with Gasteiger partial charge in [-0.2, -0.15) is 5.10 Å². The number of fused-ring (bicyclic) bond motifs is 2. The lowest BCUT2D eigenvalue weighted by Gasteiger charge is -2.00. The van der Waals surface area contributed by atoms with Crippen LogP contribution in [0.15, 0.2) is 36.4 Å². The molecule has 1 aliphatic rings. The van der Waals surface area contributed by atoms with Crippen molar-refractivity contribution in [3.05, 3.63) is 47.7 Å². The van der Waals surface area contributed by atoms with E-state index in [0.717, 1.165) is 28.0 Å². The molecule has 19 heavy (non-hydrogen) atoms. The number of amides is 1. The first kappa shape index (κ1) is 10.3. The quantitative estimate of drug-likeness (QED) is 0.692. The fraction of sp³-hybridized carbons (Fsp3) is 0.0714. The number of nitrogens with one attached hydrogen (secondary N) is 2. The van der Waals surface area contributed by atoms with Gasteiger partial charge in [0.15, 0.2) is 0 Å². The van der Waals surface area contributed by atoms with Gasteiger partial charge in [0.25, 0.3) is 5.91 Å². The minimum atomic E-state index is -0.0547. The van der Waals surface area contributed by atoms with Crippen LogP contribution in [0, 0.1) is 0 Å². The molecule has 0 saturated heterocycles. The third-order valence-electron chi connectivity index (χ3n) is 3.35.